The summed E-state index contributed by atoms with van der Waals surface area (Å²) < 4.78 is 26.3. The fourth-order valence-corrected chi connectivity index (χ4v) is 6.18. The van der Waals surface area contributed by atoms with Crippen molar-refractivity contribution < 1.29 is 13.2 Å². The predicted molar refractivity (Wildman–Crippen MR) is 105 cm³/mol. The topological polar surface area (TPSA) is 66.5 Å². The van der Waals surface area contributed by atoms with Crippen LogP contribution in [0.15, 0.2) is 24.3 Å². The van der Waals surface area contributed by atoms with Crippen LogP contribution in [0.3, 0.4) is 0 Å². The number of nitrogens with one attached hydrogen (secondary N) is 1. The average Bonchev–Trinajstić information content (AvgIpc) is 2.75. The number of hydrogen-bond donors (Lipinski definition) is 1. The van der Waals surface area contributed by atoms with Crippen LogP contribution in [0.2, 0.25) is 0 Å². The minimum absolute atomic E-state index is 0.0550. The quantitative estimate of drug-likeness (QED) is 0.845. The lowest BCUT2D eigenvalue weighted by Crippen LogP contribution is -2.37. The number of likely N-dealkylation sites (tertiary alicyclic amines) is 1. The first kappa shape index (κ1) is 19.2. The van der Waals surface area contributed by atoms with E-state index in [9.17, 15) is 13.2 Å². The van der Waals surface area contributed by atoms with Gasteiger partial charge in [0.2, 0.25) is 10.0 Å². The Hall–Kier alpha value is -1.56. The maximum Gasteiger partial charge on any atom is 0.254 e. The van der Waals surface area contributed by atoms with E-state index in [1.54, 1.807) is 24.3 Å². The number of fused-ring (bicyclic) bond motifs is 2. The highest BCUT2D eigenvalue weighted by Crippen LogP contribution is 2.52. The van der Waals surface area contributed by atoms with Gasteiger partial charge in [-0.15, -0.1) is 0 Å². The Labute approximate surface area is 157 Å². The molecule has 2 bridgehead atoms. The molecule has 5 nitrogen and oxygen atoms in total. The standard InChI is InChI=1S/C20H30N2O3S/c1-5-10-26(24,25)21-16-8-6-15(7-9-16)18(23)22-14-20(4)12-17(22)11-19(2,3)13-20/h6-9,17,21H,5,10-14H2,1-4H3. The molecule has 2 fully saturated rings. The first-order valence-corrected chi connectivity index (χ1v) is 11.1. The third-order valence-corrected chi connectivity index (χ3v) is 7.05. The highest BCUT2D eigenvalue weighted by atomic mass is 32.2. The van der Waals surface area contributed by atoms with Crippen molar-refractivity contribution in [2.45, 2.75) is 59.4 Å². The van der Waals surface area contributed by atoms with Crippen molar-refractivity contribution in [3.05, 3.63) is 29.8 Å². The number of amides is 1. The van der Waals surface area contributed by atoms with Gasteiger partial charge in [-0.05, 0) is 60.8 Å². The van der Waals surface area contributed by atoms with Gasteiger partial charge in [0.1, 0.15) is 0 Å². The van der Waals surface area contributed by atoms with Crippen LogP contribution in [-0.4, -0.2) is 37.6 Å². The van der Waals surface area contributed by atoms with Crippen LogP contribution in [0.4, 0.5) is 5.69 Å². The number of nitrogens with zero attached hydrogens (tertiary/aromatic N) is 1. The molecule has 1 amide bonds. The Morgan fingerprint density at radius 2 is 1.85 bits per heavy atom. The zero-order chi connectivity index (χ0) is 19.2. The Morgan fingerprint density at radius 1 is 1.19 bits per heavy atom. The van der Waals surface area contributed by atoms with Crippen molar-refractivity contribution in [1.82, 2.24) is 4.90 Å². The molecule has 2 aliphatic rings. The van der Waals surface area contributed by atoms with Gasteiger partial charge < -0.3 is 4.90 Å². The summed E-state index contributed by atoms with van der Waals surface area (Å²) in [6.45, 7) is 9.52. The van der Waals surface area contributed by atoms with Gasteiger partial charge in [-0.1, -0.05) is 27.7 Å². The van der Waals surface area contributed by atoms with E-state index in [0.29, 0.717) is 23.7 Å². The summed E-state index contributed by atoms with van der Waals surface area (Å²) in [4.78, 5) is 15.1. The lowest BCUT2D eigenvalue weighted by atomic mass is 9.65. The molecule has 0 spiro atoms. The minimum atomic E-state index is -3.31. The predicted octanol–water partition coefficient (Wildman–Crippen LogP) is 3.88. The Balaban J connectivity index is 1.73. The van der Waals surface area contributed by atoms with E-state index in [4.69, 9.17) is 0 Å². The van der Waals surface area contributed by atoms with E-state index in [1.165, 1.54) is 0 Å². The van der Waals surface area contributed by atoms with Crippen LogP contribution in [-0.2, 0) is 10.0 Å². The maximum atomic E-state index is 13.0. The van der Waals surface area contributed by atoms with Crippen LogP contribution in [0.1, 0.15) is 63.7 Å². The highest BCUT2D eigenvalue weighted by Gasteiger charge is 2.50. The lowest BCUT2D eigenvalue weighted by Gasteiger charge is -2.39. The summed E-state index contributed by atoms with van der Waals surface area (Å²) in [5.41, 5.74) is 1.60. The number of benzene rings is 1. The van der Waals surface area contributed by atoms with Crippen LogP contribution >= 0.6 is 0 Å². The van der Waals surface area contributed by atoms with Gasteiger partial charge in [-0.25, -0.2) is 8.42 Å². The lowest BCUT2D eigenvalue weighted by molar-refractivity contribution is 0.0708. The van der Waals surface area contributed by atoms with Gasteiger partial charge in [0.25, 0.3) is 5.91 Å². The monoisotopic (exact) mass is 378 g/mol. The van der Waals surface area contributed by atoms with Crippen molar-refractivity contribution in [1.29, 1.82) is 0 Å². The molecule has 1 aliphatic carbocycles. The number of hydrogen-bond acceptors (Lipinski definition) is 3. The fraction of sp³-hybridized carbons (Fsp3) is 0.650. The number of carbonyl (C=O) groups excluding carboxylic acids is 1. The molecule has 0 radical (unpaired) electrons. The number of sulfonamides is 1. The molecule has 1 heterocycles. The summed E-state index contributed by atoms with van der Waals surface area (Å²) in [7, 11) is -3.31. The van der Waals surface area contributed by atoms with Gasteiger partial charge in [0.15, 0.2) is 0 Å². The summed E-state index contributed by atoms with van der Waals surface area (Å²) >= 11 is 0. The molecule has 0 aromatic heterocycles. The minimum Gasteiger partial charge on any atom is -0.335 e. The molecule has 1 N–H and O–H groups in total. The second-order valence-electron chi connectivity index (χ2n) is 9.15. The number of carbonyl (C=O) groups is 1. The van der Waals surface area contributed by atoms with Crippen LogP contribution < -0.4 is 4.72 Å². The first-order valence-electron chi connectivity index (χ1n) is 9.44. The fourth-order valence-electron chi connectivity index (χ4n) is 5.04. The number of rotatable bonds is 5. The summed E-state index contributed by atoms with van der Waals surface area (Å²) in [6.07, 6.45) is 3.84. The van der Waals surface area contributed by atoms with Crippen molar-refractivity contribution >= 4 is 21.6 Å². The Morgan fingerprint density at radius 3 is 2.46 bits per heavy atom. The van der Waals surface area contributed by atoms with Crippen LogP contribution in [0.25, 0.3) is 0 Å². The van der Waals surface area contributed by atoms with E-state index in [1.807, 2.05) is 11.8 Å². The summed E-state index contributed by atoms with van der Waals surface area (Å²) in [5.74, 6) is 0.150. The molecular formula is C20H30N2O3S. The highest BCUT2D eigenvalue weighted by molar-refractivity contribution is 7.92. The second-order valence-corrected chi connectivity index (χ2v) is 11.0. The smallest absolute Gasteiger partial charge is 0.254 e. The van der Waals surface area contributed by atoms with Gasteiger partial charge in [0, 0.05) is 23.8 Å². The van der Waals surface area contributed by atoms with Crippen molar-refractivity contribution in [3.8, 4) is 0 Å². The molecule has 1 saturated heterocycles. The third-order valence-electron chi connectivity index (χ3n) is 5.55. The van der Waals surface area contributed by atoms with Gasteiger partial charge in [-0.2, -0.15) is 0 Å². The van der Waals surface area contributed by atoms with Crippen molar-refractivity contribution in [3.63, 3.8) is 0 Å². The molecule has 2 unspecified atom stereocenters. The summed E-state index contributed by atoms with van der Waals surface area (Å²) in [6, 6.07) is 7.10. The van der Waals surface area contributed by atoms with E-state index in [2.05, 4.69) is 25.5 Å². The van der Waals surface area contributed by atoms with Gasteiger partial charge >= 0.3 is 0 Å². The van der Waals surface area contributed by atoms with E-state index < -0.39 is 10.0 Å². The van der Waals surface area contributed by atoms with E-state index in [-0.39, 0.29) is 22.5 Å². The van der Waals surface area contributed by atoms with E-state index in [0.717, 1.165) is 25.8 Å². The third kappa shape index (κ3) is 4.05. The van der Waals surface area contributed by atoms with Gasteiger partial charge in [0.05, 0.1) is 5.75 Å². The molecule has 1 saturated carbocycles. The normalized spacial score (nSPS) is 27.4. The molecule has 1 aromatic carbocycles. The first-order chi connectivity index (χ1) is 12.0. The Kier molecular flexibility index (Phi) is 4.84. The zero-order valence-electron chi connectivity index (χ0n) is 16.2. The zero-order valence-corrected chi connectivity index (χ0v) is 17.0. The van der Waals surface area contributed by atoms with Crippen LogP contribution in [0, 0.1) is 10.8 Å². The molecule has 2 atom stereocenters. The van der Waals surface area contributed by atoms with Gasteiger partial charge in [-0.3, -0.25) is 9.52 Å². The molecular weight excluding hydrogens is 348 g/mol. The molecule has 1 aromatic rings. The Bertz CT molecular complexity index is 786. The molecule has 144 valence electrons. The molecule has 6 heteroatoms. The maximum absolute atomic E-state index is 13.0. The SMILES string of the molecule is CCCS(=O)(=O)Nc1ccc(C(=O)N2CC3(C)CC2CC(C)(C)C3)cc1. The van der Waals surface area contributed by atoms with E-state index >= 15 is 0 Å². The number of anilines is 1. The molecule has 1 aliphatic heterocycles. The van der Waals surface area contributed by atoms with Crippen molar-refractivity contribution in [2.75, 3.05) is 17.0 Å². The summed E-state index contributed by atoms with van der Waals surface area (Å²) in [5, 5.41) is 0. The average molecular weight is 379 g/mol. The largest absolute Gasteiger partial charge is 0.335 e. The van der Waals surface area contributed by atoms with Crippen LogP contribution in [0.5, 0.6) is 0 Å². The van der Waals surface area contributed by atoms with Crippen molar-refractivity contribution in [2.24, 2.45) is 10.8 Å². The molecule has 26 heavy (non-hydrogen) atoms. The molecule has 3 rings (SSSR count). The second kappa shape index (κ2) is 6.55.